The molecule has 29 heavy (non-hydrogen) atoms. The largest absolute Gasteiger partial charge is 0.465 e. The van der Waals surface area contributed by atoms with Crippen LogP contribution in [0.2, 0.25) is 5.02 Å². The number of rotatable bonds is 5. The number of hydrogen-bond donors (Lipinski definition) is 3. The van der Waals surface area contributed by atoms with Crippen LogP contribution in [-0.4, -0.2) is 22.8 Å². The number of nitrogens with one attached hydrogen (secondary N) is 2. The molecule has 3 N–H and O–H groups in total. The van der Waals surface area contributed by atoms with Crippen molar-refractivity contribution in [2.75, 3.05) is 5.43 Å². The summed E-state index contributed by atoms with van der Waals surface area (Å²) in [6.45, 7) is 1.64. The van der Waals surface area contributed by atoms with Gasteiger partial charge >= 0.3 is 6.09 Å². The van der Waals surface area contributed by atoms with E-state index in [2.05, 4.69) is 16.6 Å². The average molecular weight is 414 g/mol. The van der Waals surface area contributed by atoms with E-state index in [9.17, 15) is 19.2 Å². The van der Waals surface area contributed by atoms with Crippen LogP contribution in [0.25, 0.3) is 0 Å². The second-order valence-corrected chi connectivity index (χ2v) is 6.29. The third-order valence-electron chi connectivity index (χ3n) is 3.99. The Kier molecular flexibility index (Phi) is 6.50. The van der Waals surface area contributed by atoms with Crippen LogP contribution in [0.5, 0.6) is 0 Å². The molecule has 10 heteroatoms. The zero-order valence-corrected chi connectivity index (χ0v) is 15.7. The van der Waals surface area contributed by atoms with Crippen molar-refractivity contribution >= 4 is 35.0 Å². The molecule has 146 valence electrons. The molecule has 0 aromatic heterocycles. The first-order valence-electron chi connectivity index (χ1n) is 7.96. The quantitative estimate of drug-likeness (QED) is 0.507. The van der Waals surface area contributed by atoms with Gasteiger partial charge in [-0.2, -0.15) is 15.6 Å². The Morgan fingerprint density at radius 3 is 2.38 bits per heavy atom. The van der Waals surface area contributed by atoms with E-state index < -0.39 is 28.9 Å². The second-order valence-electron chi connectivity index (χ2n) is 5.88. The number of imide groups is 1. The van der Waals surface area contributed by atoms with Crippen molar-refractivity contribution < 1.29 is 19.1 Å². The molecule has 0 aliphatic carbocycles. The Hall–Kier alpha value is -3.95. The number of benzene rings is 2. The molecule has 2 aromatic rings. The molecular weight excluding hydrogens is 401 g/mol. The Balaban J connectivity index is 2.32. The standard InChI is InChI=1S/C19H13ClFN5O3/c1-19(10-23,11-2-4-12(21)5-3-11)14-7-6-13(8-15(14)20)25-26-16(9-22)17(27)24-18(28)29/h2-8,25H,1H3,(H,24,27)(H,28,29). The van der Waals surface area contributed by atoms with Gasteiger partial charge in [-0.25, -0.2) is 9.18 Å². The van der Waals surface area contributed by atoms with Crippen molar-refractivity contribution in [1.29, 1.82) is 10.5 Å². The number of anilines is 1. The third-order valence-corrected chi connectivity index (χ3v) is 4.30. The van der Waals surface area contributed by atoms with Gasteiger partial charge in [0.15, 0.2) is 0 Å². The molecular formula is C19H13ClFN5O3. The minimum absolute atomic E-state index is 0.187. The summed E-state index contributed by atoms with van der Waals surface area (Å²) < 4.78 is 13.2. The highest BCUT2D eigenvalue weighted by molar-refractivity contribution is 6.46. The SMILES string of the molecule is CC(C#N)(c1ccc(F)cc1)c1ccc(NN=C(C#N)C(=O)NC(=O)O)cc1Cl. The maximum atomic E-state index is 13.2. The summed E-state index contributed by atoms with van der Waals surface area (Å²) in [5.74, 6) is -1.62. The second kappa shape index (κ2) is 8.83. The number of carbonyl (C=O) groups excluding carboxylic acids is 1. The van der Waals surface area contributed by atoms with Gasteiger partial charge in [-0.1, -0.05) is 29.8 Å². The minimum atomic E-state index is -1.62. The summed E-state index contributed by atoms with van der Waals surface area (Å²) in [6, 6.07) is 13.6. The van der Waals surface area contributed by atoms with Gasteiger partial charge in [-0.3, -0.25) is 15.5 Å². The maximum Gasteiger partial charge on any atom is 0.411 e. The molecule has 0 aliphatic heterocycles. The highest BCUT2D eigenvalue weighted by Gasteiger charge is 2.31. The van der Waals surface area contributed by atoms with Gasteiger partial charge in [0.25, 0.3) is 5.91 Å². The fourth-order valence-corrected chi connectivity index (χ4v) is 2.83. The molecule has 8 nitrogen and oxygen atoms in total. The fourth-order valence-electron chi connectivity index (χ4n) is 2.46. The van der Waals surface area contributed by atoms with E-state index in [4.69, 9.17) is 22.0 Å². The Labute approximate surface area is 169 Å². The number of amides is 2. The summed E-state index contributed by atoms with van der Waals surface area (Å²) >= 11 is 6.32. The first-order valence-corrected chi connectivity index (χ1v) is 8.34. The first-order chi connectivity index (χ1) is 13.7. The molecule has 0 saturated heterocycles. The van der Waals surface area contributed by atoms with Crippen LogP contribution in [-0.2, 0) is 10.2 Å². The number of nitriles is 2. The van der Waals surface area contributed by atoms with Crippen molar-refractivity contribution in [1.82, 2.24) is 5.32 Å². The number of hydrazone groups is 1. The van der Waals surface area contributed by atoms with Crippen molar-refractivity contribution in [3.05, 3.63) is 64.4 Å². The molecule has 2 amide bonds. The van der Waals surface area contributed by atoms with Crippen LogP contribution in [0.15, 0.2) is 47.6 Å². The number of nitrogens with zero attached hydrogens (tertiary/aromatic N) is 3. The van der Waals surface area contributed by atoms with E-state index in [0.29, 0.717) is 11.1 Å². The van der Waals surface area contributed by atoms with Crippen molar-refractivity contribution in [3.8, 4) is 12.1 Å². The van der Waals surface area contributed by atoms with Crippen molar-refractivity contribution in [2.24, 2.45) is 5.10 Å². The van der Waals surface area contributed by atoms with Crippen LogP contribution < -0.4 is 10.7 Å². The van der Waals surface area contributed by atoms with Crippen LogP contribution >= 0.6 is 11.6 Å². The number of carbonyl (C=O) groups is 2. The molecule has 0 aliphatic rings. The molecule has 0 spiro atoms. The molecule has 0 saturated carbocycles. The highest BCUT2D eigenvalue weighted by Crippen LogP contribution is 2.37. The van der Waals surface area contributed by atoms with E-state index in [1.807, 2.05) is 0 Å². The van der Waals surface area contributed by atoms with Crippen LogP contribution in [0, 0.1) is 28.5 Å². The summed E-state index contributed by atoms with van der Waals surface area (Å²) in [5.41, 5.74) is 1.84. The molecule has 0 fully saturated rings. The van der Waals surface area contributed by atoms with Crippen LogP contribution in [0.1, 0.15) is 18.1 Å². The van der Waals surface area contributed by atoms with Gasteiger partial charge in [0.1, 0.15) is 17.3 Å². The van der Waals surface area contributed by atoms with E-state index >= 15 is 0 Å². The average Bonchev–Trinajstić information content (AvgIpc) is 2.68. The van der Waals surface area contributed by atoms with Crippen molar-refractivity contribution in [3.63, 3.8) is 0 Å². The lowest BCUT2D eigenvalue weighted by Gasteiger charge is -2.24. The lowest BCUT2D eigenvalue weighted by Crippen LogP contribution is -2.34. The predicted molar refractivity (Wildman–Crippen MR) is 103 cm³/mol. The molecule has 0 bridgehead atoms. The highest BCUT2D eigenvalue weighted by atomic mass is 35.5. The monoisotopic (exact) mass is 413 g/mol. The zero-order valence-electron chi connectivity index (χ0n) is 14.9. The van der Waals surface area contributed by atoms with Crippen LogP contribution in [0.4, 0.5) is 14.9 Å². The van der Waals surface area contributed by atoms with E-state index in [1.54, 1.807) is 13.0 Å². The molecule has 1 unspecified atom stereocenters. The van der Waals surface area contributed by atoms with Gasteiger partial charge in [-0.05, 0) is 42.3 Å². The smallest absolute Gasteiger partial charge is 0.411 e. The molecule has 1 atom stereocenters. The lowest BCUT2D eigenvalue weighted by atomic mass is 9.77. The molecule has 0 heterocycles. The van der Waals surface area contributed by atoms with Gasteiger partial charge < -0.3 is 5.11 Å². The summed E-state index contributed by atoms with van der Waals surface area (Å²) in [6.07, 6.45) is -1.62. The van der Waals surface area contributed by atoms with Crippen LogP contribution in [0.3, 0.4) is 0 Å². The number of carboxylic acid groups (broad SMARTS) is 1. The fraction of sp³-hybridized carbons (Fsp3) is 0.105. The Morgan fingerprint density at radius 2 is 1.86 bits per heavy atom. The zero-order chi connectivity index (χ0) is 21.6. The maximum absolute atomic E-state index is 13.2. The predicted octanol–water partition coefficient (Wildman–Crippen LogP) is 3.39. The van der Waals surface area contributed by atoms with E-state index in [1.165, 1.54) is 47.8 Å². The molecule has 2 rings (SSSR count). The Bertz CT molecular complexity index is 1070. The van der Waals surface area contributed by atoms with E-state index in [-0.39, 0.29) is 10.7 Å². The Morgan fingerprint density at radius 1 is 1.21 bits per heavy atom. The summed E-state index contributed by atoms with van der Waals surface area (Å²) in [7, 11) is 0. The third kappa shape index (κ3) is 4.86. The summed E-state index contributed by atoms with van der Waals surface area (Å²) in [4.78, 5) is 22.0. The van der Waals surface area contributed by atoms with Gasteiger partial charge in [0.05, 0.1) is 11.8 Å². The molecule has 0 radical (unpaired) electrons. The lowest BCUT2D eigenvalue weighted by molar-refractivity contribution is -0.114. The van der Waals surface area contributed by atoms with Crippen molar-refractivity contribution in [2.45, 2.75) is 12.3 Å². The normalized spacial score (nSPS) is 12.8. The van der Waals surface area contributed by atoms with Gasteiger partial charge in [0, 0.05) is 5.02 Å². The van der Waals surface area contributed by atoms with Gasteiger partial charge in [-0.15, -0.1) is 0 Å². The van der Waals surface area contributed by atoms with E-state index in [0.717, 1.165) is 0 Å². The summed E-state index contributed by atoms with van der Waals surface area (Å²) in [5, 5.41) is 32.4. The molecule has 2 aromatic carbocycles. The topological polar surface area (TPSA) is 138 Å². The van der Waals surface area contributed by atoms with Gasteiger partial charge in [0.2, 0.25) is 5.71 Å². The first kappa shape index (κ1) is 21.4. The number of halogens is 2. The number of hydrogen-bond acceptors (Lipinski definition) is 6. The minimum Gasteiger partial charge on any atom is -0.465 e.